The molecule has 0 aliphatic carbocycles. The van der Waals surface area contributed by atoms with Crippen molar-refractivity contribution in [1.82, 2.24) is 0 Å². The van der Waals surface area contributed by atoms with E-state index < -0.39 is 0 Å². The van der Waals surface area contributed by atoms with Gasteiger partial charge in [0.1, 0.15) is 0 Å². The topological polar surface area (TPSA) is 0 Å². The Kier molecular flexibility index (Phi) is 3.15. The van der Waals surface area contributed by atoms with E-state index in [0.29, 0.717) is 0 Å². The molecular weight excluding hydrogens is 132 g/mol. The highest BCUT2D eigenvalue weighted by Crippen LogP contribution is 2.09. The zero-order chi connectivity index (χ0) is 8.10. The van der Waals surface area contributed by atoms with Gasteiger partial charge >= 0.3 is 0 Å². The minimum atomic E-state index is 1.22. The van der Waals surface area contributed by atoms with Crippen molar-refractivity contribution in [3.63, 3.8) is 0 Å². The van der Waals surface area contributed by atoms with Crippen molar-refractivity contribution in [3.8, 4) is 0 Å². The minimum absolute atomic E-state index is 1.22. The molecule has 59 valence electrons. The first-order valence-corrected chi connectivity index (χ1v) is 4.30. The van der Waals surface area contributed by atoms with Crippen LogP contribution < -0.4 is 0 Å². The van der Waals surface area contributed by atoms with Gasteiger partial charge in [-0.05, 0) is 37.0 Å². The Morgan fingerprint density at radius 1 is 1.45 bits per heavy atom. The van der Waals surface area contributed by atoms with Crippen LogP contribution in [0.3, 0.4) is 0 Å². The summed E-state index contributed by atoms with van der Waals surface area (Å²) in [6.07, 6.45) is 3.79. The average molecular weight is 147 g/mol. The molecule has 0 aliphatic heterocycles. The molecule has 1 aromatic rings. The maximum absolute atomic E-state index is 3.08. The first-order valence-electron chi connectivity index (χ1n) is 4.30. The fourth-order valence-corrected chi connectivity index (χ4v) is 1.19. The molecule has 0 nitrogen and oxygen atoms in total. The lowest BCUT2D eigenvalue weighted by atomic mass is 10.0. The molecule has 1 aromatic carbocycles. The second-order valence-electron chi connectivity index (χ2n) is 2.96. The molecule has 1 radical (unpaired) electrons. The number of hydrogen-bond donors (Lipinski definition) is 0. The fourth-order valence-electron chi connectivity index (χ4n) is 1.19. The molecule has 0 atom stereocenters. The van der Waals surface area contributed by atoms with Gasteiger partial charge in [0.2, 0.25) is 0 Å². The van der Waals surface area contributed by atoms with Gasteiger partial charge in [0, 0.05) is 0 Å². The minimum Gasteiger partial charge on any atom is -0.0654 e. The van der Waals surface area contributed by atoms with Crippen LogP contribution in [0, 0.1) is 13.0 Å². The third-order valence-corrected chi connectivity index (χ3v) is 1.99. The van der Waals surface area contributed by atoms with Crippen molar-refractivity contribution >= 4 is 0 Å². The van der Waals surface area contributed by atoms with Gasteiger partial charge in [-0.25, -0.2) is 0 Å². The summed E-state index contributed by atoms with van der Waals surface area (Å²) in [7, 11) is 0. The Labute approximate surface area is 69.3 Å². The zero-order valence-electron chi connectivity index (χ0n) is 7.35. The summed E-state index contributed by atoms with van der Waals surface area (Å²) >= 11 is 0. The zero-order valence-corrected chi connectivity index (χ0v) is 7.35. The van der Waals surface area contributed by atoms with Gasteiger partial charge < -0.3 is 0 Å². The van der Waals surface area contributed by atoms with E-state index in [2.05, 4.69) is 32.0 Å². The lowest BCUT2D eigenvalue weighted by Gasteiger charge is -2.02. The van der Waals surface area contributed by atoms with E-state index >= 15 is 0 Å². The van der Waals surface area contributed by atoms with Gasteiger partial charge in [0.15, 0.2) is 0 Å². The number of unbranched alkanes of at least 4 members (excludes halogenated alkanes) is 1. The van der Waals surface area contributed by atoms with Crippen LogP contribution in [-0.4, -0.2) is 0 Å². The van der Waals surface area contributed by atoms with E-state index in [1.165, 1.54) is 30.4 Å². The predicted octanol–water partition coefficient (Wildman–Crippen LogP) is 3.14. The summed E-state index contributed by atoms with van der Waals surface area (Å²) in [5.74, 6) is 0. The Morgan fingerprint density at radius 3 is 2.91 bits per heavy atom. The normalized spacial score (nSPS) is 10.0. The van der Waals surface area contributed by atoms with Crippen LogP contribution in [0.4, 0.5) is 0 Å². The highest BCUT2D eigenvalue weighted by molar-refractivity contribution is 5.24. The Morgan fingerprint density at radius 2 is 2.27 bits per heavy atom. The standard InChI is InChI=1S/C11H15/c1-3-4-8-11-9-6-5-7-10(11)2/h6-7,9H,3-4,8H2,1-2H3. The van der Waals surface area contributed by atoms with E-state index in [0.717, 1.165) is 0 Å². The van der Waals surface area contributed by atoms with Crippen molar-refractivity contribution in [1.29, 1.82) is 0 Å². The molecule has 0 aliphatic rings. The first kappa shape index (κ1) is 8.32. The van der Waals surface area contributed by atoms with Crippen LogP contribution in [0.25, 0.3) is 0 Å². The molecule has 1 rings (SSSR count). The third kappa shape index (κ3) is 2.38. The predicted molar refractivity (Wildman–Crippen MR) is 48.6 cm³/mol. The van der Waals surface area contributed by atoms with Crippen molar-refractivity contribution in [3.05, 3.63) is 35.4 Å². The largest absolute Gasteiger partial charge is 0.0654 e. The molecule has 0 aromatic heterocycles. The van der Waals surface area contributed by atoms with Crippen LogP contribution >= 0.6 is 0 Å². The molecule has 0 spiro atoms. The van der Waals surface area contributed by atoms with E-state index in [9.17, 15) is 0 Å². The highest BCUT2D eigenvalue weighted by atomic mass is 14.0. The molecule has 0 fully saturated rings. The van der Waals surface area contributed by atoms with Crippen LogP contribution in [0.5, 0.6) is 0 Å². The van der Waals surface area contributed by atoms with Gasteiger partial charge in [-0.15, -0.1) is 0 Å². The van der Waals surface area contributed by atoms with Gasteiger partial charge in [-0.1, -0.05) is 31.5 Å². The quantitative estimate of drug-likeness (QED) is 0.616. The molecule has 0 heterocycles. The molecule has 11 heavy (non-hydrogen) atoms. The SMILES string of the molecule is CCCCc1cc[c]cc1C. The Bertz CT molecular complexity index is 213. The third-order valence-electron chi connectivity index (χ3n) is 1.99. The van der Waals surface area contributed by atoms with E-state index in [4.69, 9.17) is 0 Å². The second-order valence-corrected chi connectivity index (χ2v) is 2.96. The van der Waals surface area contributed by atoms with Crippen molar-refractivity contribution < 1.29 is 0 Å². The highest BCUT2D eigenvalue weighted by Gasteiger charge is 1.94. The van der Waals surface area contributed by atoms with Crippen molar-refractivity contribution in [2.45, 2.75) is 33.1 Å². The number of aryl methyl sites for hydroxylation is 2. The van der Waals surface area contributed by atoms with Crippen LogP contribution in [0.1, 0.15) is 30.9 Å². The van der Waals surface area contributed by atoms with Crippen LogP contribution in [0.2, 0.25) is 0 Å². The number of hydrogen-bond acceptors (Lipinski definition) is 0. The van der Waals surface area contributed by atoms with Crippen molar-refractivity contribution in [2.75, 3.05) is 0 Å². The number of rotatable bonds is 3. The van der Waals surface area contributed by atoms with Crippen molar-refractivity contribution in [2.24, 2.45) is 0 Å². The smallest absolute Gasteiger partial charge is 0.0181 e. The molecule has 0 saturated carbocycles. The van der Waals surface area contributed by atoms with Gasteiger partial charge in [-0.3, -0.25) is 0 Å². The van der Waals surface area contributed by atoms with Gasteiger partial charge in [0.25, 0.3) is 0 Å². The van der Waals surface area contributed by atoms with Crippen LogP contribution in [0.15, 0.2) is 18.2 Å². The maximum atomic E-state index is 3.08. The van der Waals surface area contributed by atoms with E-state index in [-0.39, 0.29) is 0 Å². The Hall–Kier alpha value is -0.780. The summed E-state index contributed by atoms with van der Waals surface area (Å²) in [6.45, 7) is 4.38. The molecule has 0 saturated heterocycles. The lowest BCUT2D eigenvalue weighted by molar-refractivity contribution is 0.791. The van der Waals surface area contributed by atoms with E-state index in [1.54, 1.807) is 0 Å². The van der Waals surface area contributed by atoms with Gasteiger partial charge in [-0.2, -0.15) is 0 Å². The molecular formula is C11H15. The summed E-state index contributed by atoms with van der Waals surface area (Å²) in [5.41, 5.74) is 2.85. The summed E-state index contributed by atoms with van der Waals surface area (Å²) in [5, 5.41) is 0. The monoisotopic (exact) mass is 147 g/mol. The Balaban J connectivity index is 2.62. The molecule has 0 heteroatoms. The van der Waals surface area contributed by atoms with Crippen LogP contribution in [-0.2, 0) is 6.42 Å². The average Bonchev–Trinajstić information content (AvgIpc) is 2.03. The summed E-state index contributed by atoms with van der Waals surface area (Å²) in [6, 6.07) is 9.31. The summed E-state index contributed by atoms with van der Waals surface area (Å²) in [4.78, 5) is 0. The molecule has 0 N–H and O–H groups in total. The fraction of sp³-hybridized carbons (Fsp3) is 0.455. The molecule has 0 amide bonds. The lowest BCUT2D eigenvalue weighted by Crippen LogP contribution is -1.87. The molecule has 0 unspecified atom stereocenters. The van der Waals surface area contributed by atoms with Gasteiger partial charge in [0.05, 0.1) is 0 Å². The van der Waals surface area contributed by atoms with E-state index in [1.807, 2.05) is 6.07 Å². The molecule has 0 bridgehead atoms. The summed E-state index contributed by atoms with van der Waals surface area (Å²) < 4.78 is 0. The first-order chi connectivity index (χ1) is 5.34. The second kappa shape index (κ2) is 4.17. The number of benzene rings is 1. The maximum Gasteiger partial charge on any atom is -0.0181 e.